The van der Waals surface area contributed by atoms with Gasteiger partial charge in [-0.1, -0.05) is 70.3 Å². The van der Waals surface area contributed by atoms with Crippen LogP contribution in [-0.2, 0) is 22.4 Å². The Kier molecular flexibility index (Phi) is 18.0. The van der Waals surface area contributed by atoms with Crippen molar-refractivity contribution in [3.63, 3.8) is 0 Å². The number of aryl methyl sites for hydroxylation is 2. The van der Waals surface area contributed by atoms with Gasteiger partial charge in [0.05, 0.1) is 0 Å². The molecule has 2 heterocycles. The number of unbranched alkanes of at least 4 members (excludes halogenated alkanes) is 14. The Bertz CT molecular complexity index is 597. The number of aromatic nitrogens is 1. The average Bonchev–Trinajstić information content (AvgIpc) is 2.87. The number of ether oxygens (including phenoxy) is 2. The van der Waals surface area contributed by atoms with Crippen molar-refractivity contribution < 1.29 is 14.0 Å². The molecule has 2 rings (SSSR count). The maximum absolute atomic E-state index is 5.81. The van der Waals surface area contributed by atoms with Gasteiger partial charge in [0.1, 0.15) is 6.54 Å². The van der Waals surface area contributed by atoms with Gasteiger partial charge in [-0.2, -0.15) is 0 Å². The highest BCUT2D eigenvalue weighted by Gasteiger charge is 2.13. The van der Waals surface area contributed by atoms with E-state index < -0.39 is 0 Å². The first kappa shape index (κ1) is 29.0. The van der Waals surface area contributed by atoms with Gasteiger partial charge in [0, 0.05) is 31.3 Å². The molecular weight excluding hydrogens is 418 g/mol. The summed E-state index contributed by atoms with van der Waals surface area (Å²) in [6.07, 6.45) is 32.9. The van der Waals surface area contributed by atoms with Gasteiger partial charge in [-0.3, -0.25) is 0 Å². The van der Waals surface area contributed by atoms with E-state index in [0.29, 0.717) is 0 Å². The molecule has 0 aromatic carbocycles. The minimum atomic E-state index is 0.0882. The molecule has 3 nitrogen and oxygen atoms in total. The summed E-state index contributed by atoms with van der Waals surface area (Å²) in [4.78, 5) is 0. The van der Waals surface area contributed by atoms with Crippen molar-refractivity contribution in [1.82, 2.24) is 0 Å². The van der Waals surface area contributed by atoms with Crippen LogP contribution in [0.4, 0.5) is 0 Å². The second-order valence-electron chi connectivity index (χ2n) is 10.2. The summed E-state index contributed by atoms with van der Waals surface area (Å²) in [5, 5.41) is 0. The molecule has 0 bridgehead atoms. The predicted molar refractivity (Wildman–Crippen MR) is 144 cm³/mol. The number of hydrogen-bond acceptors (Lipinski definition) is 2. The topological polar surface area (TPSA) is 22.3 Å². The first-order valence-electron chi connectivity index (χ1n) is 14.7. The molecule has 0 amide bonds. The van der Waals surface area contributed by atoms with Crippen molar-refractivity contribution in [1.29, 1.82) is 0 Å². The van der Waals surface area contributed by atoms with E-state index in [1.165, 1.54) is 121 Å². The van der Waals surface area contributed by atoms with Crippen LogP contribution in [-0.4, -0.2) is 19.5 Å². The van der Waals surface area contributed by atoms with E-state index in [4.69, 9.17) is 9.47 Å². The summed E-state index contributed by atoms with van der Waals surface area (Å²) < 4.78 is 13.8. The van der Waals surface area contributed by atoms with E-state index in [-0.39, 0.29) is 6.29 Å². The molecule has 3 heteroatoms. The minimum Gasteiger partial charge on any atom is -0.353 e. The van der Waals surface area contributed by atoms with Crippen LogP contribution in [0.25, 0.3) is 0 Å². The highest BCUT2D eigenvalue weighted by molar-refractivity contribution is 5.05. The molecule has 1 saturated heterocycles. The Morgan fingerprint density at radius 3 is 2.24 bits per heavy atom. The third-order valence-corrected chi connectivity index (χ3v) is 7.05. The van der Waals surface area contributed by atoms with Crippen molar-refractivity contribution in [2.75, 3.05) is 13.2 Å². The van der Waals surface area contributed by atoms with Gasteiger partial charge in [0.25, 0.3) is 0 Å². The number of allylic oxidation sites excluding steroid dienone is 1. The summed E-state index contributed by atoms with van der Waals surface area (Å²) in [5.74, 6) is 0. The highest BCUT2D eigenvalue weighted by Crippen LogP contribution is 2.15. The maximum atomic E-state index is 5.81. The molecule has 1 atom stereocenters. The van der Waals surface area contributed by atoms with Gasteiger partial charge >= 0.3 is 0 Å². The Balaban J connectivity index is 1.33. The van der Waals surface area contributed by atoms with E-state index in [1.807, 2.05) is 6.08 Å². The Labute approximate surface area is 211 Å². The third kappa shape index (κ3) is 15.7. The van der Waals surface area contributed by atoms with Gasteiger partial charge in [-0.25, -0.2) is 4.57 Å². The Morgan fingerprint density at radius 2 is 1.53 bits per heavy atom. The summed E-state index contributed by atoms with van der Waals surface area (Å²) in [6.45, 7) is 6.72. The van der Waals surface area contributed by atoms with Crippen molar-refractivity contribution in [3.05, 3.63) is 42.7 Å². The molecule has 0 radical (unpaired) electrons. The molecule has 0 spiro atoms. The number of nitrogens with zero attached hydrogens (tertiary/aromatic N) is 1. The third-order valence-electron chi connectivity index (χ3n) is 7.05. The summed E-state index contributed by atoms with van der Waals surface area (Å²) in [5.41, 5.74) is 1.51. The number of hydrogen-bond donors (Lipinski definition) is 0. The molecule has 1 unspecified atom stereocenters. The quantitative estimate of drug-likeness (QED) is 0.0959. The van der Waals surface area contributed by atoms with Gasteiger partial charge in [-0.15, -0.1) is 6.58 Å². The van der Waals surface area contributed by atoms with Crippen molar-refractivity contribution in [3.8, 4) is 0 Å². The summed E-state index contributed by atoms with van der Waals surface area (Å²) >= 11 is 0. The second-order valence-corrected chi connectivity index (χ2v) is 10.2. The number of rotatable bonds is 22. The van der Waals surface area contributed by atoms with Gasteiger partial charge in [0.2, 0.25) is 0 Å². The first-order chi connectivity index (χ1) is 16.9. The molecule has 34 heavy (non-hydrogen) atoms. The van der Waals surface area contributed by atoms with Crippen LogP contribution in [0.1, 0.15) is 128 Å². The van der Waals surface area contributed by atoms with Crippen LogP contribution >= 0.6 is 0 Å². The average molecular weight is 473 g/mol. The molecule has 0 N–H and O–H groups in total. The zero-order chi connectivity index (χ0) is 23.9. The molecule has 1 aliphatic rings. The molecule has 1 aromatic rings. The lowest BCUT2D eigenvalue weighted by molar-refractivity contribution is -0.697. The van der Waals surface area contributed by atoms with Crippen LogP contribution in [0.15, 0.2) is 37.2 Å². The van der Waals surface area contributed by atoms with E-state index in [2.05, 4.69) is 35.7 Å². The van der Waals surface area contributed by atoms with Gasteiger partial charge in [-0.05, 0) is 63.9 Å². The maximum Gasteiger partial charge on any atom is 0.171 e. The normalized spacial score (nSPS) is 16.1. The van der Waals surface area contributed by atoms with Crippen molar-refractivity contribution >= 4 is 0 Å². The highest BCUT2D eigenvalue weighted by atomic mass is 16.7. The van der Waals surface area contributed by atoms with E-state index in [1.54, 1.807) is 0 Å². The molecule has 1 aromatic heterocycles. The predicted octanol–water partition coefficient (Wildman–Crippen LogP) is 8.49. The fourth-order valence-electron chi connectivity index (χ4n) is 4.88. The SMILES string of the molecule is C=CCCCCCC[n+]1cccc(CCCCCCCCCCCCCOC2CCCCO2)c1. The fraction of sp³-hybridized carbons (Fsp3) is 0.774. The largest absolute Gasteiger partial charge is 0.353 e. The van der Waals surface area contributed by atoms with Crippen LogP contribution in [0.2, 0.25) is 0 Å². The van der Waals surface area contributed by atoms with Crippen LogP contribution in [0, 0.1) is 0 Å². The van der Waals surface area contributed by atoms with E-state index in [9.17, 15) is 0 Å². The summed E-state index contributed by atoms with van der Waals surface area (Å²) in [7, 11) is 0. The molecule has 194 valence electrons. The molecule has 1 fully saturated rings. The standard InChI is InChI=1S/C31H54NO2/c1-2-3-4-5-14-18-25-32-26-21-23-30(29-32)22-16-13-11-9-7-6-8-10-12-15-19-27-33-31-24-17-20-28-34-31/h2,21,23,26,29,31H,1,3-20,22,24-25,27-28H2/q+1. The summed E-state index contributed by atoms with van der Waals surface area (Å²) in [6, 6.07) is 4.53. The second kappa shape index (κ2) is 21.1. The van der Waals surface area contributed by atoms with Gasteiger partial charge < -0.3 is 9.47 Å². The zero-order valence-corrected chi connectivity index (χ0v) is 22.2. The van der Waals surface area contributed by atoms with Crippen LogP contribution in [0.3, 0.4) is 0 Å². The lowest BCUT2D eigenvalue weighted by Gasteiger charge is -2.22. The lowest BCUT2D eigenvalue weighted by Crippen LogP contribution is -2.33. The van der Waals surface area contributed by atoms with E-state index in [0.717, 1.165) is 32.6 Å². The minimum absolute atomic E-state index is 0.0882. The Morgan fingerprint density at radius 1 is 0.853 bits per heavy atom. The Hall–Kier alpha value is -1.19. The van der Waals surface area contributed by atoms with Crippen LogP contribution < -0.4 is 4.57 Å². The fourth-order valence-corrected chi connectivity index (χ4v) is 4.88. The smallest absolute Gasteiger partial charge is 0.171 e. The van der Waals surface area contributed by atoms with Crippen molar-refractivity contribution in [2.24, 2.45) is 0 Å². The zero-order valence-electron chi connectivity index (χ0n) is 22.2. The molecule has 0 saturated carbocycles. The van der Waals surface area contributed by atoms with Crippen molar-refractivity contribution in [2.45, 2.75) is 141 Å². The lowest BCUT2D eigenvalue weighted by atomic mass is 10.0. The molecule has 0 aliphatic carbocycles. The number of pyridine rings is 1. The molecule has 1 aliphatic heterocycles. The van der Waals surface area contributed by atoms with E-state index >= 15 is 0 Å². The monoisotopic (exact) mass is 472 g/mol. The molecular formula is C31H54NO2+. The van der Waals surface area contributed by atoms with Crippen LogP contribution in [0.5, 0.6) is 0 Å². The first-order valence-corrected chi connectivity index (χ1v) is 14.7. The van der Waals surface area contributed by atoms with Gasteiger partial charge in [0.15, 0.2) is 18.7 Å².